The molecule has 3 nitrogen and oxygen atoms in total. The van der Waals surface area contributed by atoms with Gasteiger partial charge in [-0.15, -0.1) is 0 Å². The third kappa shape index (κ3) is 4.27. The fourth-order valence-electron chi connectivity index (χ4n) is 1.71. The van der Waals surface area contributed by atoms with Crippen molar-refractivity contribution in [1.82, 2.24) is 0 Å². The van der Waals surface area contributed by atoms with E-state index in [1.54, 1.807) is 30.3 Å². The minimum Gasteiger partial charge on any atom is -0.374 e. The Morgan fingerprint density at radius 1 is 1.05 bits per heavy atom. The average Bonchev–Trinajstić information content (AvgIpc) is 2.42. The van der Waals surface area contributed by atoms with Crippen LogP contribution in [0.3, 0.4) is 0 Å². The van der Waals surface area contributed by atoms with E-state index in [0.29, 0.717) is 26.4 Å². The summed E-state index contributed by atoms with van der Waals surface area (Å²) >= 11 is 18.0. The van der Waals surface area contributed by atoms with E-state index >= 15 is 0 Å². The van der Waals surface area contributed by atoms with Crippen LogP contribution in [0.25, 0.3) is 0 Å². The van der Waals surface area contributed by atoms with Crippen LogP contribution in [-0.4, -0.2) is 12.5 Å². The van der Waals surface area contributed by atoms with Crippen LogP contribution < -0.4 is 10.6 Å². The van der Waals surface area contributed by atoms with Gasteiger partial charge in [-0.3, -0.25) is 4.79 Å². The quantitative estimate of drug-likeness (QED) is 0.819. The summed E-state index contributed by atoms with van der Waals surface area (Å²) in [4.78, 5) is 11.9. The molecule has 0 bridgehead atoms. The Morgan fingerprint density at radius 2 is 1.71 bits per heavy atom. The molecule has 0 radical (unpaired) electrons. The van der Waals surface area contributed by atoms with Crippen molar-refractivity contribution >= 4 is 52.1 Å². The van der Waals surface area contributed by atoms with Crippen LogP contribution >= 0.6 is 34.8 Å². The standard InChI is InChI=1S/C15H13Cl3N2O/c1-9-5-6-10(7-13(9)18)20-14(21)8-19-15-11(16)3-2-4-12(15)17/h2-7,19H,8H2,1H3,(H,20,21). The summed E-state index contributed by atoms with van der Waals surface area (Å²) < 4.78 is 0. The first-order valence-electron chi connectivity index (χ1n) is 6.21. The van der Waals surface area contributed by atoms with Gasteiger partial charge in [-0.25, -0.2) is 0 Å². The smallest absolute Gasteiger partial charge is 0.243 e. The summed E-state index contributed by atoms with van der Waals surface area (Å²) in [6.07, 6.45) is 0. The molecule has 0 aliphatic carbocycles. The van der Waals surface area contributed by atoms with Crippen LogP contribution in [0.1, 0.15) is 5.56 Å². The molecule has 0 fully saturated rings. The molecule has 1 amide bonds. The van der Waals surface area contributed by atoms with Crippen molar-refractivity contribution in [2.24, 2.45) is 0 Å². The van der Waals surface area contributed by atoms with Crippen molar-refractivity contribution in [3.63, 3.8) is 0 Å². The summed E-state index contributed by atoms with van der Waals surface area (Å²) in [7, 11) is 0. The number of nitrogens with one attached hydrogen (secondary N) is 2. The number of amides is 1. The Hall–Kier alpha value is -1.42. The molecular formula is C15H13Cl3N2O. The Balaban J connectivity index is 1.97. The number of carbonyl (C=O) groups excluding carboxylic acids is 1. The Morgan fingerprint density at radius 3 is 2.33 bits per heavy atom. The van der Waals surface area contributed by atoms with Gasteiger partial charge in [0.05, 0.1) is 22.3 Å². The number of para-hydroxylation sites is 1. The van der Waals surface area contributed by atoms with Crippen molar-refractivity contribution in [2.45, 2.75) is 6.92 Å². The number of rotatable bonds is 4. The topological polar surface area (TPSA) is 41.1 Å². The minimum absolute atomic E-state index is 0.0505. The van der Waals surface area contributed by atoms with Gasteiger partial charge < -0.3 is 10.6 Å². The lowest BCUT2D eigenvalue weighted by Gasteiger charge is -2.11. The van der Waals surface area contributed by atoms with Gasteiger partial charge in [-0.05, 0) is 36.8 Å². The highest BCUT2D eigenvalue weighted by Crippen LogP contribution is 2.29. The summed E-state index contributed by atoms with van der Waals surface area (Å²) in [5.41, 5.74) is 2.14. The van der Waals surface area contributed by atoms with E-state index in [9.17, 15) is 4.79 Å². The number of carbonyl (C=O) groups is 1. The van der Waals surface area contributed by atoms with Crippen molar-refractivity contribution in [3.05, 3.63) is 57.0 Å². The number of aryl methyl sites for hydroxylation is 1. The van der Waals surface area contributed by atoms with Gasteiger partial charge in [0.2, 0.25) is 5.91 Å². The Labute approximate surface area is 138 Å². The molecule has 0 aromatic heterocycles. The molecule has 110 valence electrons. The SMILES string of the molecule is Cc1ccc(NC(=O)CNc2c(Cl)cccc2Cl)cc1Cl. The maximum Gasteiger partial charge on any atom is 0.243 e. The van der Waals surface area contributed by atoms with Gasteiger partial charge >= 0.3 is 0 Å². The fraction of sp³-hybridized carbons (Fsp3) is 0.133. The normalized spacial score (nSPS) is 10.3. The fourth-order valence-corrected chi connectivity index (χ4v) is 2.42. The highest BCUT2D eigenvalue weighted by atomic mass is 35.5. The lowest BCUT2D eigenvalue weighted by molar-refractivity contribution is -0.114. The lowest BCUT2D eigenvalue weighted by atomic mass is 10.2. The van der Waals surface area contributed by atoms with Crippen LogP contribution in [0.15, 0.2) is 36.4 Å². The first-order valence-corrected chi connectivity index (χ1v) is 7.34. The van der Waals surface area contributed by atoms with Gasteiger partial charge in [0.1, 0.15) is 0 Å². The first kappa shape index (κ1) is 16.0. The summed E-state index contributed by atoms with van der Waals surface area (Å²) in [5, 5.41) is 7.20. The monoisotopic (exact) mass is 342 g/mol. The third-order valence-corrected chi connectivity index (χ3v) is 3.88. The highest BCUT2D eigenvalue weighted by molar-refractivity contribution is 6.39. The maximum absolute atomic E-state index is 11.9. The zero-order chi connectivity index (χ0) is 15.4. The Bertz CT molecular complexity index is 654. The molecule has 0 aliphatic rings. The Kier molecular flexibility index (Phi) is 5.34. The van der Waals surface area contributed by atoms with E-state index in [-0.39, 0.29) is 12.5 Å². The predicted molar refractivity (Wildman–Crippen MR) is 89.8 cm³/mol. The molecule has 0 spiro atoms. The van der Waals surface area contributed by atoms with Gasteiger partial charge in [0.15, 0.2) is 0 Å². The summed E-state index contributed by atoms with van der Waals surface area (Å²) in [6.45, 7) is 1.95. The number of hydrogen-bond donors (Lipinski definition) is 2. The van der Waals surface area contributed by atoms with Gasteiger partial charge in [0.25, 0.3) is 0 Å². The van der Waals surface area contributed by atoms with Gasteiger partial charge in [-0.1, -0.05) is 46.9 Å². The van der Waals surface area contributed by atoms with Gasteiger partial charge in [-0.2, -0.15) is 0 Å². The van der Waals surface area contributed by atoms with E-state index in [1.807, 2.05) is 13.0 Å². The molecule has 0 atom stereocenters. The van der Waals surface area contributed by atoms with E-state index < -0.39 is 0 Å². The third-order valence-electron chi connectivity index (χ3n) is 2.84. The molecule has 0 unspecified atom stereocenters. The van der Waals surface area contributed by atoms with Crippen molar-refractivity contribution in [2.75, 3.05) is 17.2 Å². The van der Waals surface area contributed by atoms with Crippen molar-refractivity contribution in [1.29, 1.82) is 0 Å². The first-order chi connectivity index (χ1) is 9.97. The lowest BCUT2D eigenvalue weighted by Crippen LogP contribution is -2.22. The largest absolute Gasteiger partial charge is 0.374 e. The van der Waals surface area contributed by atoms with Crippen LogP contribution in [0.5, 0.6) is 0 Å². The van der Waals surface area contributed by atoms with Gasteiger partial charge in [0, 0.05) is 10.7 Å². The summed E-state index contributed by atoms with van der Waals surface area (Å²) in [6, 6.07) is 10.5. The van der Waals surface area contributed by atoms with Crippen LogP contribution in [0.2, 0.25) is 15.1 Å². The van der Waals surface area contributed by atoms with E-state index in [4.69, 9.17) is 34.8 Å². The molecule has 2 rings (SSSR count). The van der Waals surface area contributed by atoms with E-state index in [0.717, 1.165) is 5.56 Å². The number of halogens is 3. The molecule has 6 heteroatoms. The zero-order valence-corrected chi connectivity index (χ0v) is 13.5. The molecule has 0 saturated carbocycles. The molecule has 2 aromatic rings. The predicted octanol–water partition coefficient (Wildman–Crippen LogP) is 5.01. The second-order valence-corrected chi connectivity index (χ2v) is 5.68. The number of hydrogen-bond acceptors (Lipinski definition) is 2. The molecule has 0 aliphatic heterocycles. The molecule has 21 heavy (non-hydrogen) atoms. The molecule has 2 aromatic carbocycles. The molecule has 0 heterocycles. The van der Waals surface area contributed by atoms with Crippen LogP contribution in [-0.2, 0) is 4.79 Å². The maximum atomic E-state index is 11.9. The number of anilines is 2. The second kappa shape index (κ2) is 7.03. The minimum atomic E-state index is -0.217. The average molecular weight is 344 g/mol. The van der Waals surface area contributed by atoms with Crippen LogP contribution in [0, 0.1) is 6.92 Å². The van der Waals surface area contributed by atoms with Crippen molar-refractivity contribution in [3.8, 4) is 0 Å². The molecule has 2 N–H and O–H groups in total. The molecular weight excluding hydrogens is 331 g/mol. The number of benzene rings is 2. The zero-order valence-electron chi connectivity index (χ0n) is 11.2. The van der Waals surface area contributed by atoms with Crippen molar-refractivity contribution < 1.29 is 4.79 Å². The van der Waals surface area contributed by atoms with Crippen LogP contribution in [0.4, 0.5) is 11.4 Å². The molecule has 0 saturated heterocycles. The van der Waals surface area contributed by atoms with E-state index in [1.165, 1.54) is 0 Å². The summed E-state index contributed by atoms with van der Waals surface area (Å²) in [5.74, 6) is -0.217. The highest BCUT2D eigenvalue weighted by Gasteiger charge is 2.08. The van der Waals surface area contributed by atoms with E-state index in [2.05, 4.69) is 10.6 Å². The second-order valence-electron chi connectivity index (χ2n) is 4.46.